The predicted molar refractivity (Wildman–Crippen MR) is 163 cm³/mol. The van der Waals surface area contributed by atoms with E-state index in [0.717, 1.165) is 5.56 Å². The van der Waals surface area contributed by atoms with Crippen LogP contribution in [-0.2, 0) is 49.3 Å². The number of aryl methyl sites for hydroxylation is 1. The minimum Gasteiger partial charge on any atom is -0.379 e. The molecule has 1 aromatic rings. The number of likely N-dealkylation sites (tertiary alicyclic amines) is 1. The van der Waals surface area contributed by atoms with E-state index in [1.165, 1.54) is 15.9 Å². The van der Waals surface area contributed by atoms with Crippen molar-refractivity contribution in [1.29, 1.82) is 0 Å². The average molecular weight is 619 g/mol. The molecule has 0 bridgehead atoms. The third kappa shape index (κ3) is 15.7. The van der Waals surface area contributed by atoms with Crippen LogP contribution in [0.5, 0.6) is 0 Å². The van der Waals surface area contributed by atoms with Crippen molar-refractivity contribution in [3.63, 3.8) is 0 Å². The number of allylic oxidation sites excluding steroid dienone is 1. The Hall–Kier alpha value is -3.65. The van der Waals surface area contributed by atoms with Gasteiger partial charge in [-0.2, -0.15) is 0 Å². The minimum atomic E-state index is -0.163. The van der Waals surface area contributed by atoms with Crippen LogP contribution in [0.25, 0.3) is 0 Å². The van der Waals surface area contributed by atoms with Crippen LogP contribution in [-0.4, -0.2) is 119 Å². The fraction of sp³-hybridized carbons (Fsp3) is 0.581. The first-order valence-electron chi connectivity index (χ1n) is 15.0. The molecule has 2 rings (SSSR count). The zero-order valence-corrected chi connectivity index (χ0v) is 25.8. The largest absolute Gasteiger partial charge is 0.379 e. The summed E-state index contributed by atoms with van der Waals surface area (Å²) in [5, 5.41) is 5.56. The van der Waals surface area contributed by atoms with Crippen LogP contribution in [0.2, 0.25) is 0 Å². The zero-order valence-electron chi connectivity index (χ0n) is 25.8. The number of rotatable bonds is 23. The second-order valence-electron chi connectivity index (χ2n) is 9.99. The first-order valence-corrected chi connectivity index (χ1v) is 15.0. The van der Waals surface area contributed by atoms with Gasteiger partial charge in [0.1, 0.15) is 0 Å². The van der Waals surface area contributed by atoms with E-state index in [1.807, 2.05) is 12.1 Å². The quantitative estimate of drug-likeness (QED) is 0.105. The van der Waals surface area contributed by atoms with Gasteiger partial charge in [0.25, 0.3) is 0 Å². The van der Waals surface area contributed by atoms with Crippen molar-refractivity contribution < 1.29 is 42.9 Å². The zero-order chi connectivity index (χ0) is 32.0. The van der Waals surface area contributed by atoms with Gasteiger partial charge in [0, 0.05) is 51.6 Å². The van der Waals surface area contributed by atoms with E-state index in [1.54, 1.807) is 32.2 Å². The van der Waals surface area contributed by atoms with Gasteiger partial charge in [0.15, 0.2) is 0 Å². The highest BCUT2D eigenvalue weighted by atomic mass is 16.6. The van der Waals surface area contributed by atoms with Crippen LogP contribution in [0.4, 0.5) is 5.69 Å². The third-order valence-corrected chi connectivity index (χ3v) is 6.53. The van der Waals surface area contributed by atoms with E-state index >= 15 is 0 Å². The summed E-state index contributed by atoms with van der Waals surface area (Å²) in [6.45, 7) is 6.03. The number of benzene rings is 1. The lowest BCUT2D eigenvalue weighted by molar-refractivity contribution is -0.152. The summed E-state index contributed by atoms with van der Waals surface area (Å²) in [4.78, 5) is 61.6. The summed E-state index contributed by atoms with van der Waals surface area (Å²) in [6.07, 6.45) is 4.84. The number of hydrogen-bond acceptors (Lipinski definition) is 9. The van der Waals surface area contributed by atoms with E-state index in [4.69, 9.17) is 18.9 Å². The van der Waals surface area contributed by atoms with Crippen LogP contribution in [0.3, 0.4) is 0 Å². The molecule has 5 amide bonds. The van der Waals surface area contributed by atoms with Crippen LogP contribution >= 0.6 is 0 Å². The Morgan fingerprint density at radius 1 is 0.841 bits per heavy atom. The first kappa shape index (κ1) is 36.5. The second-order valence-corrected chi connectivity index (χ2v) is 9.99. The smallest absolute Gasteiger partial charge is 0.245 e. The summed E-state index contributed by atoms with van der Waals surface area (Å²) >= 11 is 0. The monoisotopic (exact) mass is 618 g/mol. The highest BCUT2D eigenvalue weighted by Crippen LogP contribution is 2.15. The molecule has 2 N–H and O–H groups in total. The van der Waals surface area contributed by atoms with Crippen molar-refractivity contribution in [3.05, 3.63) is 42.0 Å². The Morgan fingerprint density at radius 2 is 1.45 bits per heavy atom. The summed E-state index contributed by atoms with van der Waals surface area (Å²) in [5.74, 6) is -0.685. The standard InChI is InChI=1S/C31H46N4O9/c1-3-4-29(38)34(2)15-11-27(36)32-14-18-42-20-22-44-24-23-43-21-19-41-17-13-28(37)33-26-8-5-25(6-9-26)7-10-30(39)35-16-12-31(35)40/h3-6,8-9H,7,10-24H2,1-2H3,(H,32,36)(H,33,37)/b4-3-. The number of nitrogens with one attached hydrogen (secondary N) is 2. The van der Waals surface area contributed by atoms with Crippen LogP contribution in [0, 0.1) is 0 Å². The third-order valence-electron chi connectivity index (χ3n) is 6.53. The molecule has 0 unspecified atom stereocenters. The molecular weight excluding hydrogens is 572 g/mol. The predicted octanol–water partition coefficient (Wildman–Crippen LogP) is 1.31. The van der Waals surface area contributed by atoms with Crippen molar-refractivity contribution in [2.75, 3.05) is 84.9 Å². The highest BCUT2D eigenvalue weighted by molar-refractivity contribution is 5.99. The molecule has 44 heavy (non-hydrogen) atoms. The highest BCUT2D eigenvalue weighted by Gasteiger charge is 2.29. The molecular formula is C31H46N4O9. The maximum Gasteiger partial charge on any atom is 0.245 e. The van der Waals surface area contributed by atoms with Crippen LogP contribution in [0.1, 0.15) is 38.2 Å². The van der Waals surface area contributed by atoms with E-state index < -0.39 is 0 Å². The average Bonchev–Trinajstić information content (AvgIpc) is 3.00. The maximum absolute atomic E-state index is 12.1. The molecule has 1 aromatic carbocycles. The molecule has 1 aliphatic rings. The topological polar surface area (TPSA) is 153 Å². The lowest BCUT2D eigenvalue weighted by Crippen LogP contribution is -2.47. The number of likely N-dealkylation sites (N-methyl/N-ethyl adjacent to an activating group) is 1. The number of ether oxygens (including phenoxy) is 4. The van der Waals surface area contributed by atoms with Gasteiger partial charge in [-0.25, -0.2) is 0 Å². The van der Waals surface area contributed by atoms with Gasteiger partial charge in [-0.3, -0.25) is 28.9 Å². The van der Waals surface area contributed by atoms with Gasteiger partial charge >= 0.3 is 0 Å². The molecule has 0 radical (unpaired) electrons. The summed E-state index contributed by atoms with van der Waals surface area (Å²) in [6, 6.07) is 7.29. The first-order chi connectivity index (χ1) is 21.3. The molecule has 0 aliphatic carbocycles. The van der Waals surface area contributed by atoms with Crippen molar-refractivity contribution in [1.82, 2.24) is 15.1 Å². The summed E-state index contributed by atoms with van der Waals surface area (Å²) in [5.41, 5.74) is 1.62. The van der Waals surface area contributed by atoms with Crippen molar-refractivity contribution in [2.24, 2.45) is 0 Å². The van der Waals surface area contributed by atoms with E-state index in [0.29, 0.717) is 84.4 Å². The van der Waals surface area contributed by atoms with Crippen LogP contribution < -0.4 is 10.6 Å². The molecule has 244 valence electrons. The van der Waals surface area contributed by atoms with E-state index in [-0.39, 0.29) is 55.4 Å². The Labute approximate surface area is 259 Å². The molecule has 1 saturated heterocycles. The number of anilines is 1. The fourth-order valence-corrected chi connectivity index (χ4v) is 3.87. The van der Waals surface area contributed by atoms with Gasteiger partial charge in [0.2, 0.25) is 29.5 Å². The maximum atomic E-state index is 12.1. The molecule has 0 saturated carbocycles. The Kier molecular flexibility index (Phi) is 18.2. The van der Waals surface area contributed by atoms with E-state index in [9.17, 15) is 24.0 Å². The molecule has 0 atom stereocenters. The SMILES string of the molecule is C/C=C\C(=O)N(C)CCC(=O)NCCOCCOCCOCCOCCC(=O)Nc1ccc(CCC(=O)N2CCC2=O)cc1. The Balaban J connectivity index is 1.34. The number of carbonyl (C=O) groups is 5. The second kappa shape index (κ2) is 21.9. The fourth-order valence-electron chi connectivity index (χ4n) is 3.87. The lowest BCUT2D eigenvalue weighted by Gasteiger charge is -2.28. The number of hydrogen-bond donors (Lipinski definition) is 2. The molecule has 0 aromatic heterocycles. The number of β-lactam (4-membered cyclic amide) rings is 1. The Bertz CT molecular complexity index is 1080. The molecule has 0 spiro atoms. The minimum absolute atomic E-state index is 0.108. The van der Waals surface area contributed by atoms with Gasteiger partial charge in [-0.1, -0.05) is 18.2 Å². The van der Waals surface area contributed by atoms with Gasteiger partial charge in [-0.15, -0.1) is 0 Å². The van der Waals surface area contributed by atoms with Crippen molar-refractivity contribution in [3.8, 4) is 0 Å². The number of amides is 5. The molecule has 1 heterocycles. The number of nitrogens with zero attached hydrogens (tertiary/aromatic N) is 2. The van der Waals surface area contributed by atoms with Gasteiger partial charge in [0.05, 0.1) is 59.3 Å². The van der Waals surface area contributed by atoms with Crippen molar-refractivity contribution >= 4 is 35.2 Å². The molecule has 13 heteroatoms. The lowest BCUT2D eigenvalue weighted by atomic mass is 10.1. The summed E-state index contributed by atoms with van der Waals surface area (Å²) in [7, 11) is 1.65. The molecule has 1 fully saturated rings. The number of imide groups is 1. The molecule has 1 aliphatic heterocycles. The van der Waals surface area contributed by atoms with Crippen LogP contribution in [0.15, 0.2) is 36.4 Å². The molecule has 13 nitrogen and oxygen atoms in total. The van der Waals surface area contributed by atoms with E-state index in [2.05, 4.69) is 10.6 Å². The Morgan fingerprint density at radius 3 is 2.02 bits per heavy atom. The summed E-state index contributed by atoms with van der Waals surface area (Å²) < 4.78 is 21.7. The number of carbonyl (C=O) groups excluding carboxylic acids is 5. The van der Waals surface area contributed by atoms with Gasteiger partial charge in [-0.05, 0) is 37.1 Å². The normalized spacial score (nSPS) is 12.7. The van der Waals surface area contributed by atoms with Gasteiger partial charge < -0.3 is 34.5 Å². The van der Waals surface area contributed by atoms with Crippen molar-refractivity contribution in [2.45, 2.75) is 39.0 Å².